The van der Waals surface area contributed by atoms with Crippen molar-refractivity contribution in [2.45, 2.75) is 13.2 Å². The molecule has 26 heavy (non-hydrogen) atoms. The zero-order chi connectivity index (χ0) is 18.9. The van der Waals surface area contributed by atoms with Crippen LogP contribution in [0.3, 0.4) is 0 Å². The molecule has 0 unspecified atom stereocenters. The molecule has 7 heteroatoms. The second-order valence-electron chi connectivity index (χ2n) is 5.87. The lowest BCUT2D eigenvalue weighted by molar-refractivity contribution is -0.121. The number of ether oxygens (including phenoxy) is 1. The van der Waals surface area contributed by atoms with Crippen LogP contribution >= 0.6 is 11.6 Å². The van der Waals surface area contributed by atoms with Crippen molar-refractivity contribution in [1.82, 2.24) is 10.2 Å². The normalized spacial score (nSPS) is 10.5. The molecule has 2 aromatic rings. The number of hydrogen-bond acceptors (Lipinski definition) is 4. The van der Waals surface area contributed by atoms with E-state index in [0.29, 0.717) is 23.8 Å². The van der Waals surface area contributed by atoms with Crippen LogP contribution in [0.2, 0.25) is 5.02 Å². The fourth-order valence-electron chi connectivity index (χ4n) is 2.27. The molecule has 0 saturated carbocycles. The third-order valence-electron chi connectivity index (χ3n) is 3.63. The molecule has 6 nitrogen and oxygen atoms in total. The van der Waals surface area contributed by atoms with Gasteiger partial charge >= 0.3 is 6.09 Å². The maximum Gasteiger partial charge on any atom is 0.411 e. The Hall–Kier alpha value is -2.57. The number of nitrogens with one attached hydrogen (secondary N) is 2. The van der Waals surface area contributed by atoms with E-state index in [0.717, 1.165) is 11.1 Å². The van der Waals surface area contributed by atoms with E-state index >= 15 is 0 Å². The van der Waals surface area contributed by atoms with Crippen LogP contribution in [0, 0.1) is 0 Å². The van der Waals surface area contributed by atoms with Crippen LogP contribution in [0.25, 0.3) is 0 Å². The monoisotopic (exact) mass is 375 g/mol. The van der Waals surface area contributed by atoms with E-state index in [2.05, 4.69) is 10.6 Å². The van der Waals surface area contributed by atoms with Crippen LogP contribution < -0.4 is 10.6 Å². The molecule has 0 aliphatic rings. The summed E-state index contributed by atoms with van der Waals surface area (Å²) in [5.41, 5.74) is 2.54. The molecule has 2 rings (SSSR count). The minimum Gasteiger partial charge on any atom is -0.444 e. The van der Waals surface area contributed by atoms with E-state index in [1.165, 1.54) is 0 Å². The topological polar surface area (TPSA) is 70.7 Å². The first-order chi connectivity index (χ1) is 12.5. The van der Waals surface area contributed by atoms with Crippen molar-refractivity contribution < 1.29 is 14.3 Å². The summed E-state index contributed by atoms with van der Waals surface area (Å²) in [5.74, 6) is -0.0331. The first kappa shape index (κ1) is 19.8. The highest BCUT2D eigenvalue weighted by molar-refractivity contribution is 6.30. The molecule has 0 aromatic heterocycles. The van der Waals surface area contributed by atoms with Crippen molar-refractivity contribution >= 4 is 29.3 Å². The average molecular weight is 376 g/mol. The van der Waals surface area contributed by atoms with Crippen LogP contribution in [0.1, 0.15) is 11.1 Å². The molecule has 2 amide bonds. The molecule has 2 aromatic carbocycles. The Labute approximate surface area is 158 Å². The molecule has 0 aliphatic carbocycles. The Morgan fingerprint density at radius 2 is 1.65 bits per heavy atom. The van der Waals surface area contributed by atoms with Gasteiger partial charge in [0.05, 0.1) is 6.54 Å². The van der Waals surface area contributed by atoms with Gasteiger partial charge in [0.15, 0.2) is 0 Å². The van der Waals surface area contributed by atoms with Gasteiger partial charge in [0.25, 0.3) is 0 Å². The highest BCUT2D eigenvalue weighted by atomic mass is 35.5. The Balaban J connectivity index is 1.79. The van der Waals surface area contributed by atoms with Gasteiger partial charge in [0.1, 0.15) is 6.61 Å². The molecule has 138 valence electrons. The van der Waals surface area contributed by atoms with Crippen molar-refractivity contribution in [3.8, 4) is 0 Å². The van der Waals surface area contributed by atoms with E-state index in [-0.39, 0.29) is 12.5 Å². The Kier molecular flexibility index (Phi) is 7.44. The fraction of sp³-hybridized carbons (Fsp3) is 0.263. The van der Waals surface area contributed by atoms with E-state index in [1.54, 1.807) is 43.4 Å². The molecule has 0 heterocycles. The SMILES string of the molecule is CNC(=O)CN(C)Cc1ccc(NC(=O)OCc2ccc(Cl)cc2)cc1. The number of carbonyl (C=O) groups is 2. The summed E-state index contributed by atoms with van der Waals surface area (Å²) in [6.07, 6.45) is -0.524. The quantitative estimate of drug-likeness (QED) is 0.779. The first-order valence-electron chi connectivity index (χ1n) is 8.12. The van der Waals surface area contributed by atoms with Gasteiger partial charge in [-0.25, -0.2) is 4.79 Å². The van der Waals surface area contributed by atoms with Crippen molar-refractivity contribution in [3.63, 3.8) is 0 Å². The molecule has 0 bridgehead atoms. The lowest BCUT2D eigenvalue weighted by Crippen LogP contribution is -2.32. The smallest absolute Gasteiger partial charge is 0.411 e. The largest absolute Gasteiger partial charge is 0.444 e. The van der Waals surface area contributed by atoms with Crippen molar-refractivity contribution in [1.29, 1.82) is 0 Å². The summed E-state index contributed by atoms with van der Waals surface area (Å²) < 4.78 is 5.18. The minimum atomic E-state index is -0.524. The summed E-state index contributed by atoms with van der Waals surface area (Å²) in [6, 6.07) is 14.5. The van der Waals surface area contributed by atoms with Crippen LogP contribution in [0.15, 0.2) is 48.5 Å². The third-order valence-corrected chi connectivity index (χ3v) is 3.88. The number of halogens is 1. The lowest BCUT2D eigenvalue weighted by atomic mass is 10.2. The van der Waals surface area contributed by atoms with Gasteiger partial charge in [-0.15, -0.1) is 0 Å². The Bertz CT molecular complexity index is 733. The number of benzene rings is 2. The number of nitrogens with zero attached hydrogens (tertiary/aromatic N) is 1. The second-order valence-corrected chi connectivity index (χ2v) is 6.31. The van der Waals surface area contributed by atoms with Crippen LogP contribution in [-0.4, -0.2) is 37.5 Å². The summed E-state index contributed by atoms with van der Waals surface area (Å²) in [7, 11) is 3.48. The van der Waals surface area contributed by atoms with Gasteiger partial charge < -0.3 is 10.1 Å². The molecular formula is C19H22ClN3O3. The van der Waals surface area contributed by atoms with E-state index in [1.807, 2.05) is 24.1 Å². The number of likely N-dealkylation sites (N-methyl/N-ethyl adjacent to an activating group) is 2. The van der Waals surface area contributed by atoms with Gasteiger partial charge in [0.2, 0.25) is 5.91 Å². The lowest BCUT2D eigenvalue weighted by Gasteiger charge is -2.15. The summed E-state index contributed by atoms with van der Waals surface area (Å²) >= 11 is 5.82. The third kappa shape index (κ3) is 6.74. The van der Waals surface area contributed by atoms with Crippen molar-refractivity contribution in [2.24, 2.45) is 0 Å². The summed E-state index contributed by atoms with van der Waals surface area (Å²) in [6.45, 7) is 1.13. The standard InChI is InChI=1S/C19H22ClN3O3/c1-21-18(24)12-23(2)11-14-5-9-17(10-6-14)22-19(25)26-13-15-3-7-16(20)8-4-15/h3-10H,11-13H2,1-2H3,(H,21,24)(H,22,25). The Morgan fingerprint density at radius 3 is 2.27 bits per heavy atom. The number of hydrogen-bond donors (Lipinski definition) is 2. The zero-order valence-electron chi connectivity index (χ0n) is 14.8. The number of rotatable bonds is 7. The predicted molar refractivity (Wildman–Crippen MR) is 102 cm³/mol. The summed E-state index contributed by atoms with van der Waals surface area (Å²) in [4.78, 5) is 25.1. The van der Waals surface area contributed by atoms with Gasteiger partial charge in [-0.3, -0.25) is 15.0 Å². The van der Waals surface area contributed by atoms with Gasteiger partial charge in [0, 0.05) is 24.3 Å². The maximum absolute atomic E-state index is 11.9. The van der Waals surface area contributed by atoms with Crippen molar-refractivity contribution in [3.05, 3.63) is 64.7 Å². The van der Waals surface area contributed by atoms with Crippen molar-refractivity contribution in [2.75, 3.05) is 26.0 Å². The predicted octanol–water partition coefficient (Wildman–Crippen LogP) is 3.27. The maximum atomic E-state index is 11.9. The molecule has 0 fully saturated rings. The highest BCUT2D eigenvalue weighted by Gasteiger charge is 2.07. The molecule has 0 spiro atoms. The van der Waals surface area contributed by atoms with Crippen LogP contribution in [0.5, 0.6) is 0 Å². The van der Waals surface area contributed by atoms with Gasteiger partial charge in [-0.05, 0) is 42.4 Å². The summed E-state index contributed by atoms with van der Waals surface area (Å²) in [5, 5.41) is 5.91. The van der Waals surface area contributed by atoms with Crippen LogP contribution in [0.4, 0.5) is 10.5 Å². The fourth-order valence-corrected chi connectivity index (χ4v) is 2.39. The second kappa shape index (κ2) is 9.79. The minimum absolute atomic E-state index is 0.0331. The number of anilines is 1. The average Bonchev–Trinajstić information content (AvgIpc) is 2.62. The molecule has 2 N–H and O–H groups in total. The molecule has 0 radical (unpaired) electrons. The van der Waals surface area contributed by atoms with Gasteiger partial charge in [-0.1, -0.05) is 35.9 Å². The van der Waals surface area contributed by atoms with E-state index in [4.69, 9.17) is 16.3 Å². The Morgan fingerprint density at radius 1 is 1.04 bits per heavy atom. The van der Waals surface area contributed by atoms with Gasteiger partial charge in [-0.2, -0.15) is 0 Å². The highest BCUT2D eigenvalue weighted by Crippen LogP contribution is 2.13. The molecule has 0 atom stereocenters. The molecule has 0 aliphatic heterocycles. The zero-order valence-corrected chi connectivity index (χ0v) is 15.5. The molecule has 0 saturated heterocycles. The first-order valence-corrected chi connectivity index (χ1v) is 8.50. The van der Waals surface area contributed by atoms with E-state index in [9.17, 15) is 9.59 Å². The van der Waals surface area contributed by atoms with Crippen LogP contribution in [-0.2, 0) is 22.7 Å². The van der Waals surface area contributed by atoms with E-state index < -0.39 is 6.09 Å². The number of carbonyl (C=O) groups excluding carboxylic acids is 2. The number of amides is 2. The molecular weight excluding hydrogens is 354 g/mol.